The summed E-state index contributed by atoms with van der Waals surface area (Å²) in [5.41, 5.74) is 1.56. The zero-order chi connectivity index (χ0) is 17.2. The van der Waals surface area contributed by atoms with Crippen LogP contribution in [0, 0.1) is 0 Å². The molecule has 1 fully saturated rings. The highest BCUT2D eigenvalue weighted by Gasteiger charge is 2.19. The van der Waals surface area contributed by atoms with Crippen LogP contribution in [0.25, 0.3) is 10.7 Å². The van der Waals surface area contributed by atoms with Gasteiger partial charge < -0.3 is 4.90 Å². The lowest BCUT2D eigenvalue weighted by Gasteiger charge is -2.15. The van der Waals surface area contributed by atoms with Crippen LogP contribution in [0.4, 0.5) is 5.82 Å². The minimum atomic E-state index is -0.00857. The van der Waals surface area contributed by atoms with Crippen molar-refractivity contribution in [2.24, 2.45) is 0 Å². The smallest absolute Gasteiger partial charge is 0.167 e. The lowest BCUT2D eigenvalue weighted by atomic mass is 10.1. The number of hydrogen-bond acceptors (Lipinski definition) is 8. The molecule has 3 aromatic rings. The fraction of sp³-hybridized carbons (Fsp3) is 0.375. The van der Waals surface area contributed by atoms with Gasteiger partial charge in [-0.05, 0) is 25.0 Å². The first-order valence-electron chi connectivity index (χ1n) is 8.10. The molecule has 1 saturated heterocycles. The molecule has 128 valence electrons. The van der Waals surface area contributed by atoms with E-state index in [1.54, 1.807) is 12.3 Å². The zero-order valence-corrected chi connectivity index (χ0v) is 15.2. The number of nitrogens with zero attached hydrogens (tertiary/aromatic N) is 7. The van der Waals surface area contributed by atoms with E-state index in [0.717, 1.165) is 40.3 Å². The van der Waals surface area contributed by atoms with E-state index in [-0.39, 0.29) is 5.92 Å². The second kappa shape index (κ2) is 6.97. The van der Waals surface area contributed by atoms with E-state index in [2.05, 4.69) is 30.3 Å². The van der Waals surface area contributed by atoms with Crippen LogP contribution >= 0.6 is 22.9 Å². The molecule has 4 heterocycles. The molecular weight excluding hydrogens is 358 g/mol. The fourth-order valence-electron chi connectivity index (χ4n) is 2.75. The van der Waals surface area contributed by atoms with Gasteiger partial charge in [-0.1, -0.05) is 29.9 Å². The molecule has 1 atom stereocenters. The Morgan fingerprint density at radius 2 is 1.92 bits per heavy atom. The summed E-state index contributed by atoms with van der Waals surface area (Å²) in [6, 6.07) is 3.59. The highest BCUT2D eigenvalue weighted by molar-refractivity contribution is 7.14. The van der Waals surface area contributed by atoms with E-state index < -0.39 is 0 Å². The average molecular weight is 374 g/mol. The number of anilines is 1. The van der Waals surface area contributed by atoms with Crippen molar-refractivity contribution < 1.29 is 0 Å². The molecule has 0 radical (unpaired) electrons. The summed E-state index contributed by atoms with van der Waals surface area (Å²) in [5, 5.41) is 18.6. The fourth-order valence-corrected chi connectivity index (χ4v) is 3.72. The summed E-state index contributed by atoms with van der Waals surface area (Å²) in [5.74, 6) is 0.897. The van der Waals surface area contributed by atoms with Crippen LogP contribution in [0.3, 0.4) is 0 Å². The van der Waals surface area contributed by atoms with Crippen molar-refractivity contribution in [2.45, 2.75) is 25.7 Å². The summed E-state index contributed by atoms with van der Waals surface area (Å²) in [6.45, 7) is 4.09. The van der Waals surface area contributed by atoms with E-state index in [1.807, 2.05) is 19.2 Å². The molecule has 0 saturated carbocycles. The molecule has 1 aliphatic heterocycles. The van der Waals surface area contributed by atoms with Crippen molar-refractivity contribution in [3.05, 3.63) is 40.4 Å². The highest BCUT2D eigenvalue weighted by atomic mass is 35.5. The Kier molecular flexibility index (Phi) is 4.54. The molecule has 0 aromatic carbocycles. The molecule has 9 heteroatoms. The molecule has 0 aliphatic carbocycles. The topological polar surface area (TPSA) is 80.6 Å². The molecule has 1 aliphatic rings. The molecule has 4 rings (SSSR count). The molecule has 0 amide bonds. The molecule has 25 heavy (non-hydrogen) atoms. The Balaban J connectivity index is 1.58. The van der Waals surface area contributed by atoms with E-state index >= 15 is 0 Å². The lowest BCUT2D eigenvalue weighted by Crippen LogP contribution is -2.19. The Labute approximate surface area is 154 Å². The lowest BCUT2D eigenvalue weighted by molar-refractivity contribution is 0.799. The third-order valence-corrected chi connectivity index (χ3v) is 5.51. The Morgan fingerprint density at radius 3 is 2.68 bits per heavy atom. The average Bonchev–Trinajstić information content (AvgIpc) is 3.34. The third-order valence-electron chi connectivity index (χ3n) is 4.18. The van der Waals surface area contributed by atoms with E-state index in [4.69, 9.17) is 16.6 Å². The van der Waals surface area contributed by atoms with Crippen LogP contribution in [-0.2, 0) is 0 Å². The first kappa shape index (κ1) is 16.3. The largest absolute Gasteiger partial charge is 0.355 e. The minimum Gasteiger partial charge on any atom is -0.355 e. The van der Waals surface area contributed by atoms with Gasteiger partial charge in [-0.2, -0.15) is 5.10 Å². The van der Waals surface area contributed by atoms with E-state index in [0.29, 0.717) is 5.15 Å². The monoisotopic (exact) mass is 373 g/mol. The quantitative estimate of drug-likeness (QED) is 0.694. The molecule has 1 unspecified atom stereocenters. The van der Waals surface area contributed by atoms with Crippen molar-refractivity contribution in [1.29, 1.82) is 0 Å². The summed E-state index contributed by atoms with van der Waals surface area (Å²) >= 11 is 7.30. The van der Waals surface area contributed by atoms with Gasteiger partial charge in [0.15, 0.2) is 10.2 Å². The third kappa shape index (κ3) is 3.45. The van der Waals surface area contributed by atoms with Crippen molar-refractivity contribution in [3.8, 4) is 10.7 Å². The number of rotatable bonds is 4. The van der Waals surface area contributed by atoms with Crippen LogP contribution < -0.4 is 4.90 Å². The maximum Gasteiger partial charge on any atom is 0.167 e. The number of halogens is 1. The van der Waals surface area contributed by atoms with Crippen LogP contribution in [0.1, 0.15) is 36.4 Å². The van der Waals surface area contributed by atoms with Gasteiger partial charge in [-0.15, -0.1) is 15.3 Å². The molecular formula is C16H16ClN7S. The van der Waals surface area contributed by atoms with Gasteiger partial charge in [0.25, 0.3) is 0 Å². The summed E-state index contributed by atoms with van der Waals surface area (Å²) < 4.78 is 0. The van der Waals surface area contributed by atoms with Crippen LogP contribution in [0.2, 0.25) is 5.15 Å². The Bertz CT molecular complexity index is 861. The maximum atomic E-state index is 5.80. The molecule has 0 spiro atoms. The SMILES string of the molecule is CC(c1ccc(Cl)nn1)c1nnc(-c2cncc(N3CCCC3)n2)s1. The second-order valence-electron chi connectivity index (χ2n) is 5.90. The standard InChI is InChI=1S/C16H16ClN7S/c1-10(11-4-5-13(17)21-20-11)15-22-23-16(25-15)12-8-18-9-14(19-12)24-6-2-3-7-24/h4-5,8-10H,2-3,6-7H2,1H3. The molecule has 0 bridgehead atoms. The van der Waals surface area contributed by atoms with Crippen LogP contribution in [0.5, 0.6) is 0 Å². The maximum absolute atomic E-state index is 5.80. The Hall–Kier alpha value is -2.19. The molecule has 7 nitrogen and oxygen atoms in total. The van der Waals surface area contributed by atoms with E-state index in [1.165, 1.54) is 24.2 Å². The van der Waals surface area contributed by atoms with Crippen LogP contribution in [-0.4, -0.2) is 43.5 Å². The van der Waals surface area contributed by atoms with Crippen molar-refractivity contribution in [2.75, 3.05) is 18.0 Å². The summed E-state index contributed by atoms with van der Waals surface area (Å²) in [6.07, 6.45) is 5.95. The van der Waals surface area contributed by atoms with Crippen molar-refractivity contribution >= 4 is 28.8 Å². The van der Waals surface area contributed by atoms with Gasteiger partial charge >= 0.3 is 0 Å². The van der Waals surface area contributed by atoms with Crippen molar-refractivity contribution in [1.82, 2.24) is 30.4 Å². The van der Waals surface area contributed by atoms with Gasteiger partial charge in [0.2, 0.25) is 0 Å². The van der Waals surface area contributed by atoms with Gasteiger partial charge in [0.05, 0.1) is 24.0 Å². The zero-order valence-electron chi connectivity index (χ0n) is 13.6. The first-order valence-corrected chi connectivity index (χ1v) is 9.30. The van der Waals surface area contributed by atoms with Gasteiger partial charge in [0.1, 0.15) is 16.5 Å². The van der Waals surface area contributed by atoms with Crippen LogP contribution in [0.15, 0.2) is 24.5 Å². The number of hydrogen-bond donors (Lipinski definition) is 0. The Morgan fingerprint density at radius 1 is 1.08 bits per heavy atom. The summed E-state index contributed by atoms with van der Waals surface area (Å²) in [7, 11) is 0. The molecule has 3 aromatic heterocycles. The van der Waals surface area contributed by atoms with Crippen molar-refractivity contribution in [3.63, 3.8) is 0 Å². The van der Waals surface area contributed by atoms with E-state index in [9.17, 15) is 0 Å². The molecule has 0 N–H and O–H groups in total. The highest BCUT2D eigenvalue weighted by Crippen LogP contribution is 2.30. The predicted molar refractivity (Wildman–Crippen MR) is 96.9 cm³/mol. The minimum absolute atomic E-state index is 0.00857. The van der Waals surface area contributed by atoms with Gasteiger partial charge in [0, 0.05) is 13.1 Å². The first-order chi connectivity index (χ1) is 12.2. The predicted octanol–water partition coefficient (Wildman–Crippen LogP) is 3.19. The van der Waals surface area contributed by atoms with Gasteiger partial charge in [-0.25, -0.2) is 4.98 Å². The normalized spacial score (nSPS) is 15.5. The summed E-state index contributed by atoms with van der Waals surface area (Å²) in [4.78, 5) is 11.3. The number of aromatic nitrogens is 6. The van der Waals surface area contributed by atoms with Gasteiger partial charge in [-0.3, -0.25) is 4.98 Å². The second-order valence-corrected chi connectivity index (χ2v) is 7.30.